The molecule has 0 spiro atoms. The zero-order valence-electron chi connectivity index (χ0n) is 39.2. The van der Waals surface area contributed by atoms with Crippen LogP contribution in [0.5, 0.6) is 5.75 Å². The van der Waals surface area contributed by atoms with Gasteiger partial charge in [0.2, 0.25) is 0 Å². The van der Waals surface area contributed by atoms with Gasteiger partial charge in [0, 0.05) is 72.6 Å². The van der Waals surface area contributed by atoms with E-state index >= 15 is 0 Å². The van der Waals surface area contributed by atoms with Gasteiger partial charge in [0.25, 0.3) is 0 Å². The molecule has 7 aliphatic carbocycles. The molecule has 5 heteroatoms. The van der Waals surface area contributed by atoms with E-state index in [0.29, 0.717) is 50.6 Å². The standard InChI is InChI=1S/C63H60INO2S/c1-63(2)54-18-6-3-13-51(54)58-55(63)34-33-50-49-17-10-15-45(61(49)68-62(50)58)38-23-29-42(30-24-38)65(41-27-21-37(22-28-41)44-14-9-16-48-46-11-4-7-19-56(46)66-59(44)48)43-31-25-39(26-32-43)52-35-40(64)36-53-47-12-5-8-20-57(47)67-60(52)53/h3-6,8,10-13,15,17-18,20-25,27-31,33-34,39-40,43,48-49,51-54,60-61H,7,9,14,16,19,26,32,35-36H2,1-2H3. The average molecular weight is 1020 g/mol. The topological polar surface area (TPSA) is 21.7 Å². The van der Waals surface area contributed by atoms with E-state index in [4.69, 9.17) is 9.47 Å². The highest BCUT2D eigenvalue weighted by atomic mass is 127. The molecule has 0 bridgehead atoms. The van der Waals surface area contributed by atoms with Crippen molar-refractivity contribution in [2.45, 2.75) is 121 Å². The average Bonchev–Trinajstić information content (AvgIpc) is 4.13. The van der Waals surface area contributed by atoms with E-state index in [0.717, 1.165) is 31.4 Å². The summed E-state index contributed by atoms with van der Waals surface area (Å²) in [5.41, 5.74) is 15.6. The predicted molar refractivity (Wildman–Crippen MR) is 289 cm³/mol. The summed E-state index contributed by atoms with van der Waals surface area (Å²) in [6.07, 6.45) is 37.1. The molecule has 0 saturated heterocycles. The van der Waals surface area contributed by atoms with Gasteiger partial charge >= 0.3 is 0 Å². The van der Waals surface area contributed by atoms with Crippen LogP contribution in [0.15, 0.2) is 174 Å². The van der Waals surface area contributed by atoms with Gasteiger partial charge in [-0.3, -0.25) is 0 Å². The minimum atomic E-state index is 0.125. The molecule has 11 atom stereocenters. The Hall–Kier alpha value is -4.72. The maximum Gasteiger partial charge on any atom is 0.123 e. The number of alkyl halides is 1. The van der Waals surface area contributed by atoms with Crippen LogP contribution >= 0.6 is 34.4 Å². The molecular formula is C63H60INO2S. The lowest BCUT2D eigenvalue weighted by molar-refractivity contribution is 0.0734. The zero-order valence-corrected chi connectivity index (χ0v) is 42.2. The Bertz CT molecular complexity index is 2980. The van der Waals surface area contributed by atoms with Crippen molar-refractivity contribution >= 4 is 56.9 Å². The van der Waals surface area contributed by atoms with E-state index in [2.05, 4.69) is 205 Å². The van der Waals surface area contributed by atoms with Gasteiger partial charge in [-0.2, -0.15) is 0 Å². The zero-order chi connectivity index (χ0) is 45.3. The van der Waals surface area contributed by atoms with E-state index in [-0.39, 0.29) is 17.6 Å². The largest absolute Gasteiger partial charge is 0.489 e. The molecule has 10 aliphatic rings. The third-order valence-corrected chi connectivity index (χ3v) is 20.5. The van der Waals surface area contributed by atoms with Crippen molar-refractivity contribution in [1.29, 1.82) is 0 Å². The second kappa shape index (κ2) is 16.4. The molecule has 0 N–H and O–H groups in total. The normalized spacial score (nSPS) is 32.8. The van der Waals surface area contributed by atoms with Crippen molar-refractivity contribution in [2.75, 3.05) is 4.90 Å². The smallest absolute Gasteiger partial charge is 0.123 e. The Morgan fingerprint density at radius 2 is 1.56 bits per heavy atom. The molecule has 14 rings (SSSR count). The fraction of sp³-hybridized carbons (Fsp3) is 0.365. The molecule has 3 heterocycles. The van der Waals surface area contributed by atoms with Crippen LogP contribution in [0, 0.1) is 23.7 Å². The molecule has 1 saturated carbocycles. The van der Waals surface area contributed by atoms with Crippen LogP contribution < -0.4 is 9.64 Å². The minimum Gasteiger partial charge on any atom is -0.489 e. The van der Waals surface area contributed by atoms with Crippen LogP contribution in [0.25, 0.3) is 11.1 Å². The quantitative estimate of drug-likeness (QED) is 0.109. The Morgan fingerprint density at radius 1 is 0.750 bits per heavy atom. The highest BCUT2D eigenvalue weighted by molar-refractivity contribution is 14.1. The second-order valence-electron chi connectivity index (χ2n) is 21.9. The molecule has 11 unspecified atom stereocenters. The first-order valence-corrected chi connectivity index (χ1v) is 28.0. The summed E-state index contributed by atoms with van der Waals surface area (Å²) in [6.45, 7) is 4.91. The lowest BCUT2D eigenvalue weighted by atomic mass is 9.69. The Labute approximate surface area is 421 Å². The molecular weight excluding hydrogens is 962 g/mol. The molecule has 4 aromatic carbocycles. The fourth-order valence-electron chi connectivity index (χ4n) is 14.7. The van der Waals surface area contributed by atoms with E-state index in [1.54, 1.807) is 16.0 Å². The number of hydrogen-bond donors (Lipinski definition) is 0. The Kier molecular flexibility index (Phi) is 10.2. The number of hydrogen-bond acceptors (Lipinski definition) is 4. The van der Waals surface area contributed by atoms with E-state index < -0.39 is 0 Å². The summed E-state index contributed by atoms with van der Waals surface area (Å²) in [5.74, 6) is 6.87. The van der Waals surface area contributed by atoms with Gasteiger partial charge in [-0.1, -0.05) is 158 Å². The molecule has 0 radical (unpaired) electrons. The predicted octanol–water partition coefficient (Wildman–Crippen LogP) is 16.4. The lowest BCUT2D eigenvalue weighted by Crippen LogP contribution is -2.42. The number of anilines is 2. The molecule has 3 aliphatic heterocycles. The summed E-state index contributed by atoms with van der Waals surface area (Å²) in [7, 11) is 0. The first-order chi connectivity index (χ1) is 33.4. The van der Waals surface area contributed by atoms with Crippen LogP contribution in [0.4, 0.5) is 11.4 Å². The highest BCUT2D eigenvalue weighted by Gasteiger charge is 2.50. The van der Waals surface area contributed by atoms with Crippen LogP contribution in [-0.4, -0.2) is 21.3 Å². The molecule has 0 aromatic heterocycles. The van der Waals surface area contributed by atoms with E-state index in [1.165, 1.54) is 94.0 Å². The van der Waals surface area contributed by atoms with Gasteiger partial charge in [0.1, 0.15) is 23.4 Å². The summed E-state index contributed by atoms with van der Waals surface area (Å²) in [5, 5.41) is 0.369. The number of allylic oxidation sites excluding steroid dienone is 13. The number of ether oxygens (including phenoxy) is 2. The van der Waals surface area contributed by atoms with Crippen molar-refractivity contribution < 1.29 is 9.47 Å². The summed E-state index contributed by atoms with van der Waals surface area (Å²) >= 11 is 4.86. The van der Waals surface area contributed by atoms with Gasteiger partial charge < -0.3 is 14.4 Å². The maximum absolute atomic E-state index is 6.83. The lowest BCUT2D eigenvalue weighted by Gasteiger charge is -2.42. The van der Waals surface area contributed by atoms with Crippen molar-refractivity contribution in [3.8, 4) is 5.75 Å². The number of thioether (sulfide) groups is 1. The Morgan fingerprint density at radius 3 is 2.40 bits per heavy atom. The van der Waals surface area contributed by atoms with Crippen molar-refractivity contribution in [3.05, 3.63) is 202 Å². The third-order valence-electron chi connectivity index (χ3n) is 18.0. The van der Waals surface area contributed by atoms with Crippen LogP contribution in [-0.2, 0) is 10.2 Å². The molecule has 3 nitrogen and oxygen atoms in total. The van der Waals surface area contributed by atoms with Crippen molar-refractivity contribution in [2.24, 2.45) is 23.7 Å². The number of halogens is 1. The summed E-state index contributed by atoms with van der Waals surface area (Å²) < 4.78 is 14.2. The van der Waals surface area contributed by atoms with Crippen LogP contribution in [0.2, 0.25) is 0 Å². The molecule has 0 amide bonds. The van der Waals surface area contributed by atoms with Crippen molar-refractivity contribution in [3.63, 3.8) is 0 Å². The third kappa shape index (κ3) is 6.63. The van der Waals surface area contributed by atoms with E-state index in [9.17, 15) is 0 Å². The summed E-state index contributed by atoms with van der Waals surface area (Å²) in [6, 6.07) is 33.3. The second-order valence-corrected chi connectivity index (χ2v) is 24.8. The number of benzene rings is 4. The molecule has 342 valence electrons. The fourth-order valence-corrected chi connectivity index (χ4v) is 17.6. The number of para-hydroxylation sites is 1. The minimum absolute atomic E-state index is 0.125. The number of fused-ring (bicyclic) bond motifs is 12. The number of rotatable bonds is 6. The molecule has 4 aromatic rings. The van der Waals surface area contributed by atoms with E-state index in [1.807, 2.05) is 0 Å². The van der Waals surface area contributed by atoms with Gasteiger partial charge in [0.15, 0.2) is 0 Å². The monoisotopic (exact) mass is 1020 g/mol. The van der Waals surface area contributed by atoms with Crippen LogP contribution in [0.1, 0.15) is 123 Å². The Balaban J connectivity index is 0.776. The highest BCUT2D eigenvalue weighted by Crippen LogP contribution is 2.62. The van der Waals surface area contributed by atoms with Gasteiger partial charge in [-0.05, 0) is 138 Å². The first kappa shape index (κ1) is 42.2. The van der Waals surface area contributed by atoms with Gasteiger partial charge in [-0.25, -0.2) is 0 Å². The molecule has 68 heavy (non-hydrogen) atoms. The summed E-state index contributed by atoms with van der Waals surface area (Å²) in [4.78, 5) is 4.18. The SMILES string of the molecule is CC1(C)c2ccc3c(c2C2C=CC=CC21)SC1C(c2ccc(N(c4ccc(C5=C6OC7=C(C=CCC7)C6CCC5)cc4)C4C=CC(C5CC(I)CC6c7ccccc7OC65)CC4)cc2)=CC=CC31. The van der Waals surface area contributed by atoms with Gasteiger partial charge in [-0.15, -0.1) is 11.8 Å². The van der Waals surface area contributed by atoms with Crippen molar-refractivity contribution in [1.82, 2.24) is 0 Å². The van der Waals surface area contributed by atoms with Crippen LogP contribution in [0.3, 0.4) is 0 Å². The maximum atomic E-state index is 6.83. The first-order valence-electron chi connectivity index (χ1n) is 25.8. The number of nitrogens with zero attached hydrogens (tertiary/aromatic N) is 1. The molecule has 1 fully saturated rings. The van der Waals surface area contributed by atoms with Gasteiger partial charge in [0.05, 0.1) is 6.04 Å².